The lowest BCUT2D eigenvalue weighted by Crippen LogP contribution is -2.22. The second kappa shape index (κ2) is 7.28. The van der Waals surface area contributed by atoms with E-state index in [-0.39, 0.29) is 32.8 Å². The molecule has 1 N–H and O–H groups in total. The summed E-state index contributed by atoms with van der Waals surface area (Å²) >= 11 is 6.00. The maximum atomic E-state index is 13.4. The molecule has 0 bridgehead atoms. The molecule has 0 radical (unpaired) electrons. The Hall–Kier alpha value is -2.32. The van der Waals surface area contributed by atoms with Gasteiger partial charge in [-0.3, -0.25) is 9.52 Å². The third-order valence-electron chi connectivity index (χ3n) is 3.29. The lowest BCUT2D eigenvalue weighted by atomic mass is 10.2. The summed E-state index contributed by atoms with van der Waals surface area (Å²) in [5.74, 6) is -1.23. The van der Waals surface area contributed by atoms with Gasteiger partial charge in [-0.25, -0.2) is 12.8 Å². The predicted molar refractivity (Wildman–Crippen MR) is 93.2 cm³/mol. The number of anilines is 1. The number of rotatable bonds is 5. The molecule has 9 heteroatoms. The fourth-order valence-corrected chi connectivity index (χ4v) is 3.28. The highest BCUT2D eigenvalue weighted by molar-refractivity contribution is 7.92. The van der Waals surface area contributed by atoms with E-state index in [2.05, 4.69) is 4.72 Å². The van der Waals surface area contributed by atoms with Crippen molar-refractivity contribution in [1.29, 1.82) is 0 Å². The first kappa shape index (κ1) is 19.0. The fourth-order valence-electron chi connectivity index (χ4n) is 2.01. The zero-order valence-corrected chi connectivity index (χ0v) is 15.3. The molecule has 134 valence electrons. The number of ether oxygens (including phenoxy) is 1. The number of sulfonamides is 1. The van der Waals surface area contributed by atoms with Crippen molar-refractivity contribution in [3.05, 3.63) is 52.8 Å². The van der Waals surface area contributed by atoms with Crippen molar-refractivity contribution in [1.82, 2.24) is 4.90 Å². The molecule has 0 aromatic heterocycles. The second-order valence-electron chi connectivity index (χ2n) is 5.30. The smallest absolute Gasteiger partial charge is 0.262 e. The normalized spacial score (nSPS) is 11.1. The van der Waals surface area contributed by atoms with Gasteiger partial charge in [-0.1, -0.05) is 11.6 Å². The first-order valence-electron chi connectivity index (χ1n) is 7.03. The number of carbonyl (C=O) groups is 1. The van der Waals surface area contributed by atoms with Crippen LogP contribution in [0.25, 0.3) is 0 Å². The van der Waals surface area contributed by atoms with Crippen LogP contribution in [0, 0.1) is 5.82 Å². The topological polar surface area (TPSA) is 75.7 Å². The zero-order chi connectivity index (χ0) is 18.8. The number of amides is 1. The van der Waals surface area contributed by atoms with Gasteiger partial charge in [0.25, 0.3) is 15.9 Å². The molecule has 0 aliphatic carbocycles. The van der Waals surface area contributed by atoms with E-state index in [0.717, 1.165) is 18.2 Å². The van der Waals surface area contributed by atoms with E-state index in [0.29, 0.717) is 0 Å². The summed E-state index contributed by atoms with van der Waals surface area (Å²) in [4.78, 5) is 13.2. The third-order valence-corrected chi connectivity index (χ3v) is 5.00. The van der Waals surface area contributed by atoms with Gasteiger partial charge in [-0.2, -0.15) is 0 Å². The van der Waals surface area contributed by atoms with Crippen LogP contribution in [0.1, 0.15) is 10.4 Å². The molecule has 2 aromatic rings. The molecule has 6 nitrogen and oxygen atoms in total. The zero-order valence-electron chi connectivity index (χ0n) is 13.7. The van der Waals surface area contributed by atoms with Crippen molar-refractivity contribution in [2.45, 2.75) is 4.90 Å². The first-order valence-corrected chi connectivity index (χ1v) is 8.89. The van der Waals surface area contributed by atoms with Crippen molar-refractivity contribution >= 4 is 33.2 Å². The molecule has 2 aromatic carbocycles. The summed E-state index contributed by atoms with van der Waals surface area (Å²) in [6.07, 6.45) is 0. The van der Waals surface area contributed by atoms with Crippen LogP contribution in [0.4, 0.5) is 10.1 Å². The van der Waals surface area contributed by atoms with Gasteiger partial charge < -0.3 is 9.64 Å². The molecule has 25 heavy (non-hydrogen) atoms. The largest absolute Gasteiger partial charge is 0.494 e. The van der Waals surface area contributed by atoms with Gasteiger partial charge in [0.05, 0.1) is 22.6 Å². The predicted octanol–water partition coefficient (Wildman–Crippen LogP) is 2.99. The minimum Gasteiger partial charge on any atom is -0.494 e. The van der Waals surface area contributed by atoms with Crippen LogP contribution in [-0.2, 0) is 10.0 Å². The molecular formula is C16H16ClFN2O4S. The van der Waals surface area contributed by atoms with Crippen LogP contribution in [0.2, 0.25) is 5.02 Å². The lowest BCUT2D eigenvalue weighted by Gasteiger charge is -2.14. The Labute approximate surface area is 150 Å². The van der Waals surface area contributed by atoms with Gasteiger partial charge in [0, 0.05) is 25.8 Å². The number of nitrogens with one attached hydrogen (secondary N) is 1. The molecule has 0 saturated heterocycles. The summed E-state index contributed by atoms with van der Waals surface area (Å²) in [5, 5.41) is 0.199. The minimum absolute atomic E-state index is 0.151. The number of nitrogens with zero attached hydrogens (tertiary/aromatic N) is 1. The summed E-state index contributed by atoms with van der Waals surface area (Å²) < 4.78 is 45.5. The van der Waals surface area contributed by atoms with Gasteiger partial charge in [-0.05, 0) is 30.3 Å². The number of halogens is 2. The van der Waals surface area contributed by atoms with Gasteiger partial charge in [0.1, 0.15) is 0 Å². The highest BCUT2D eigenvalue weighted by Gasteiger charge is 2.19. The average molecular weight is 387 g/mol. The van der Waals surface area contributed by atoms with Gasteiger partial charge in [0.15, 0.2) is 11.6 Å². The van der Waals surface area contributed by atoms with Crippen molar-refractivity contribution < 1.29 is 22.3 Å². The average Bonchev–Trinajstić information content (AvgIpc) is 2.55. The van der Waals surface area contributed by atoms with Crippen LogP contribution in [0.5, 0.6) is 5.75 Å². The molecule has 0 spiro atoms. The first-order chi connectivity index (χ1) is 11.7. The molecule has 0 aliphatic heterocycles. The van der Waals surface area contributed by atoms with E-state index in [1.807, 2.05) is 0 Å². The number of carbonyl (C=O) groups excluding carboxylic acids is 1. The molecule has 0 atom stereocenters. The monoisotopic (exact) mass is 386 g/mol. The van der Waals surface area contributed by atoms with E-state index < -0.39 is 15.8 Å². The Bertz CT molecular complexity index is 916. The molecule has 0 fully saturated rings. The Kier molecular flexibility index (Phi) is 5.54. The van der Waals surface area contributed by atoms with Crippen LogP contribution < -0.4 is 9.46 Å². The van der Waals surface area contributed by atoms with Gasteiger partial charge in [0.2, 0.25) is 0 Å². The Morgan fingerprint density at radius 1 is 1.20 bits per heavy atom. The number of hydrogen-bond acceptors (Lipinski definition) is 4. The quantitative estimate of drug-likeness (QED) is 0.857. The number of hydrogen-bond donors (Lipinski definition) is 1. The summed E-state index contributed by atoms with van der Waals surface area (Å²) in [7, 11) is 0.345. The fraction of sp³-hybridized carbons (Fsp3) is 0.188. The van der Waals surface area contributed by atoms with Crippen LogP contribution in [-0.4, -0.2) is 40.4 Å². The molecule has 0 aliphatic rings. The standard InChI is InChI=1S/C16H16ClFN2O4S/c1-20(2)16(21)12-8-10(4-6-13(12)17)19-25(22,23)11-5-7-14(18)15(9-11)24-3/h4-9,19H,1-3H3. The van der Waals surface area contributed by atoms with Gasteiger partial charge in [-0.15, -0.1) is 0 Å². The third kappa shape index (κ3) is 4.21. The molecule has 1 amide bonds. The highest BCUT2D eigenvalue weighted by atomic mass is 35.5. The molecule has 2 rings (SSSR count). The molecule has 0 saturated carbocycles. The van der Waals surface area contributed by atoms with E-state index in [1.54, 1.807) is 14.1 Å². The van der Waals surface area contributed by atoms with Crippen molar-refractivity contribution in [2.24, 2.45) is 0 Å². The van der Waals surface area contributed by atoms with Crippen LogP contribution in [0.15, 0.2) is 41.3 Å². The summed E-state index contributed by atoms with van der Waals surface area (Å²) in [6, 6.07) is 7.36. The number of methoxy groups -OCH3 is 1. The van der Waals surface area contributed by atoms with E-state index in [1.165, 1.54) is 30.2 Å². The minimum atomic E-state index is -4.00. The van der Waals surface area contributed by atoms with Crippen LogP contribution in [0.3, 0.4) is 0 Å². The summed E-state index contributed by atoms with van der Waals surface area (Å²) in [6.45, 7) is 0. The maximum Gasteiger partial charge on any atom is 0.262 e. The maximum absolute atomic E-state index is 13.4. The second-order valence-corrected chi connectivity index (χ2v) is 7.39. The van der Waals surface area contributed by atoms with Crippen molar-refractivity contribution in [3.8, 4) is 5.75 Å². The van der Waals surface area contributed by atoms with E-state index in [9.17, 15) is 17.6 Å². The molecule has 0 unspecified atom stereocenters. The highest BCUT2D eigenvalue weighted by Crippen LogP contribution is 2.26. The molecular weight excluding hydrogens is 371 g/mol. The summed E-state index contributed by atoms with van der Waals surface area (Å²) in [5.41, 5.74) is 0.307. The van der Waals surface area contributed by atoms with Crippen molar-refractivity contribution in [3.63, 3.8) is 0 Å². The van der Waals surface area contributed by atoms with Gasteiger partial charge >= 0.3 is 0 Å². The SMILES string of the molecule is COc1cc(S(=O)(=O)Nc2ccc(Cl)c(C(=O)N(C)C)c2)ccc1F. The van der Waals surface area contributed by atoms with Crippen molar-refractivity contribution in [2.75, 3.05) is 25.9 Å². The lowest BCUT2D eigenvalue weighted by molar-refractivity contribution is 0.0828. The Morgan fingerprint density at radius 3 is 2.48 bits per heavy atom. The van der Waals surface area contributed by atoms with E-state index >= 15 is 0 Å². The van der Waals surface area contributed by atoms with Crippen LogP contribution >= 0.6 is 11.6 Å². The Balaban J connectivity index is 2.38. The molecule has 0 heterocycles. The van der Waals surface area contributed by atoms with E-state index in [4.69, 9.17) is 16.3 Å². The Morgan fingerprint density at radius 2 is 1.88 bits per heavy atom. The number of benzene rings is 2.